The van der Waals surface area contributed by atoms with Crippen LogP contribution in [0.2, 0.25) is 0 Å². The van der Waals surface area contributed by atoms with E-state index in [1.165, 1.54) is 44.5 Å². The Kier molecular flexibility index (Phi) is 13.2. The van der Waals surface area contributed by atoms with Crippen LogP contribution in [0.3, 0.4) is 0 Å². The van der Waals surface area contributed by atoms with E-state index >= 15 is 0 Å². The first-order valence-corrected chi connectivity index (χ1v) is 13.0. The van der Waals surface area contributed by atoms with Crippen molar-refractivity contribution < 1.29 is 29.5 Å². The molecule has 3 atom stereocenters. The van der Waals surface area contributed by atoms with E-state index < -0.39 is 12.2 Å². The maximum absolute atomic E-state index is 10.1. The quantitative estimate of drug-likeness (QED) is 0.315. The third-order valence-electron chi connectivity index (χ3n) is 7.07. The first-order valence-electron chi connectivity index (χ1n) is 13.0. The first kappa shape index (κ1) is 31.4. The van der Waals surface area contributed by atoms with Gasteiger partial charge >= 0.3 is 0 Å². The van der Waals surface area contributed by atoms with Gasteiger partial charge in [0.1, 0.15) is 12.2 Å². The van der Waals surface area contributed by atoms with Gasteiger partial charge in [-0.2, -0.15) is 0 Å². The molecule has 37 heavy (non-hydrogen) atoms. The molecule has 0 bridgehead atoms. The lowest BCUT2D eigenvalue weighted by Crippen LogP contribution is -2.42. The SMILES string of the molecule is COCC(O)COCC(COCC(O)CO)N(Cc1cc(C)c(C)c(C)c1)Cc1cc(C)c(C)c(C)c1. The van der Waals surface area contributed by atoms with E-state index in [4.69, 9.17) is 14.2 Å². The minimum absolute atomic E-state index is 0.0403. The van der Waals surface area contributed by atoms with Gasteiger partial charge in [0.05, 0.1) is 45.7 Å². The predicted octanol–water partition coefficient (Wildman–Crippen LogP) is 3.30. The van der Waals surface area contributed by atoms with Crippen LogP contribution in [0.25, 0.3) is 0 Å². The van der Waals surface area contributed by atoms with Crippen LogP contribution >= 0.6 is 0 Å². The highest BCUT2D eigenvalue weighted by molar-refractivity contribution is 5.38. The van der Waals surface area contributed by atoms with Crippen molar-refractivity contribution in [2.75, 3.05) is 46.8 Å². The minimum Gasteiger partial charge on any atom is -0.394 e. The predicted molar refractivity (Wildman–Crippen MR) is 147 cm³/mol. The molecule has 0 fully saturated rings. The number of ether oxygens (including phenoxy) is 3. The van der Waals surface area contributed by atoms with Gasteiger partial charge in [0.2, 0.25) is 0 Å². The van der Waals surface area contributed by atoms with E-state index in [1.807, 2.05) is 0 Å². The van der Waals surface area contributed by atoms with Gasteiger partial charge in [-0.3, -0.25) is 4.90 Å². The smallest absolute Gasteiger partial charge is 0.101 e. The summed E-state index contributed by atoms with van der Waals surface area (Å²) in [6.45, 7) is 14.9. The van der Waals surface area contributed by atoms with Crippen LogP contribution in [-0.2, 0) is 27.3 Å². The highest BCUT2D eigenvalue weighted by atomic mass is 16.5. The molecule has 7 heteroatoms. The molecule has 0 aliphatic carbocycles. The summed E-state index contributed by atoms with van der Waals surface area (Å²) < 4.78 is 16.8. The van der Waals surface area contributed by atoms with Crippen molar-refractivity contribution in [2.45, 2.75) is 72.9 Å². The molecule has 7 nitrogen and oxygen atoms in total. The van der Waals surface area contributed by atoms with Crippen LogP contribution in [0, 0.1) is 41.5 Å². The molecule has 0 heterocycles. The Morgan fingerprint density at radius 3 is 1.43 bits per heavy atom. The summed E-state index contributed by atoms with van der Waals surface area (Å²) in [5.74, 6) is 0. The summed E-state index contributed by atoms with van der Waals surface area (Å²) >= 11 is 0. The Balaban J connectivity index is 2.35. The van der Waals surface area contributed by atoms with Crippen molar-refractivity contribution in [1.82, 2.24) is 4.90 Å². The van der Waals surface area contributed by atoms with E-state index in [2.05, 4.69) is 70.7 Å². The number of aliphatic hydroxyl groups is 3. The zero-order valence-electron chi connectivity index (χ0n) is 23.7. The maximum atomic E-state index is 10.1. The van der Waals surface area contributed by atoms with Crippen molar-refractivity contribution in [3.05, 3.63) is 68.8 Å². The van der Waals surface area contributed by atoms with Gasteiger partial charge in [-0.05, 0) is 86.1 Å². The lowest BCUT2D eigenvalue weighted by Gasteiger charge is -2.33. The molecule has 3 N–H and O–H groups in total. The van der Waals surface area contributed by atoms with Crippen molar-refractivity contribution >= 4 is 0 Å². The van der Waals surface area contributed by atoms with Crippen molar-refractivity contribution in [3.8, 4) is 0 Å². The first-order chi connectivity index (χ1) is 17.5. The van der Waals surface area contributed by atoms with Gasteiger partial charge in [0, 0.05) is 20.2 Å². The van der Waals surface area contributed by atoms with Crippen LogP contribution in [-0.4, -0.2) is 85.2 Å². The molecule has 0 amide bonds. The van der Waals surface area contributed by atoms with E-state index in [1.54, 1.807) is 7.11 Å². The molecule has 2 rings (SSSR count). The van der Waals surface area contributed by atoms with E-state index in [0.29, 0.717) is 26.3 Å². The maximum Gasteiger partial charge on any atom is 0.101 e. The third-order valence-corrected chi connectivity index (χ3v) is 7.07. The molecule has 2 aromatic rings. The second-order valence-electron chi connectivity index (χ2n) is 10.3. The highest BCUT2D eigenvalue weighted by Gasteiger charge is 2.22. The summed E-state index contributed by atoms with van der Waals surface area (Å²) in [6, 6.07) is 8.79. The Bertz CT molecular complexity index is 873. The minimum atomic E-state index is -0.927. The molecule has 2 aromatic carbocycles. The summed E-state index contributed by atoms with van der Waals surface area (Å²) in [5, 5.41) is 29.1. The van der Waals surface area contributed by atoms with E-state index in [-0.39, 0.29) is 32.5 Å². The van der Waals surface area contributed by atoms with Gasteiger partial charge in [-0.25, -0.2) is 0 Å². The standard InChI is InChI=1S/C30H47NO6/c1-20-8-26(9-21(2)24(20)5)12-31(13-27-10-22(3)25(6)23(4)11-27)28(15-36-18-29(33)14-32)16-37-19-30(34)17-35-7/h8-11,28-30,32-34H,12-19H2,1-7H3. The van der Waals surface area contributed by atoms with Crippen LogP contribution in [0.1, 0.15) is 44.5 Å². The molecular weight excluding hydrogens is 470 g/mol. The van der Waals surface area contributed by atoms with Crippen LogP contribution in [0.15, 0.2) is 24.3 Å². The molecule has 0 aliphatic rings. The zero-order chi connectivity index (χ0) is 27.5. The number of hydrogen-bond donors (Lipinski definition) is 3. The highest BCUT2D eigenvalue weighted by Crippen LogP contribution is 2.22. The van der Waals surface area contributed by atoms with Gasteiger partial charge in [0.25, 0.3) is 0 Å². The van der Waals surface area contributed by atoms with Crippen molar-refractivity contribution in [3.63, 3.8) is 0 Å². The fourth-order valence-electron chi connectivity index (χ4n) is 4.45. The van der Waals surface area contributed by atoms with Crippen molar-refractivity contribution in [2.24, 2.45) is 0 Å². The molecule has 0 saturated heterocycles. The summed E-state index contributed by atoms with van der Waals surface area (Å²) in [7, 11) is 1.55. The number of benzene rings is 2. The number of aliphatic hydroxyl groups excluding tert-OH is 3. The van der Waals surface area contributed by atoms with Crippen molar-refractivity contribution in [1.29, 1.82) is 0 Å². The lowest BCUT2D eigenvalue weighted by atomic mass is 9.98. The van der Waals surface area contributed by atoms with Crippen LogP contribution in [0.5, 0.6) is 0 Å². The Morgan fingerprint density at radius 2 is 1.05 bits per heavy atom. The second kappa shape index (κ2) is 15.5. The van der Waals surface area contributed by atoms with Crippen LogP contribution < -0.4 is 0 Å². The molecule has 3 unspecified atom stereocenters. The molecular formula is C30H47NO6. The summed E-state index contributed by atoms with van der Waals surface area (Å²) in [5.41, 5.74) is 10.1. The monoisotopic (exact) mass is 517 g/mol. The fourth-order valence-corrected chi connectivity index (χ4v) is 4.45. The van der Waals surface area contributed by atoms with Gasteiger partial charge < -0.3 is 29.5 Å². The number of methoxy groups -OCH3 is 1. The van der Waals surface area contributed by atoms with E-state index in [9.17, 15) is 15.3 Å². The molecule has 0 aromatic heterocycles. The lowest BCUT2D eigenvalue weighted by molar-refractivity contribution is -0.0543. The summed E-state index contributed by atoms with van der Waals surface area (Å²) in [4.78, 5) is 2.33. The van der Waals surface area contributed by atoms with Crippen LogP contribution in [0.4, 0.5) is 0 Å². The number of rotatable bonds is 16. The summed E-state index contributed by atoms with van der Waals surface area (Å²) in [6.07, 6.45) is -1.63. The van der Waals surface area contributed by atoms with Gasteiger partial charge in [-0.15, -0.1) is 0 Å². The molecule has 0 spiro atoms. The fraction of sp³-hybridized carbons (Fsp3) is 0.600. The van der Waals surface area contributed by atoms with E-state index in [0.717, 1.165) is 0 Å². The van der Waals surface area contributed by atoms with Gasteiger partial charge in [0.15, 0.2) is 0 Å². The molecule has 0 radical (unpaired) electrons. The Hall–Kier alpha value is -1.84. The third kappa shape index (κ3) is 10.1. The topological polar surface area (TPSA) is 91.6 Å². The average molecular weight is 518 g/mol. The Labute approximate surface area is 223 Å². The Morgan fingerprint density at radius 1 is 0.649 bits per heavy atom. The molecule has 0 saturated carbocycles. The average Bonchev–Trinajstić information content (AvgIpc) is 2.84. The largest absolute Gasteiger partial charge is 0.394 e. The molecule has 208 valence electrons. The normalized spacial score (nSPS) is 14.2. The number of nitrogens with zero attached hydrogens (tertiary/aromatic N) is 1. The van der Waals surface area contributed by atoms with Gasteiger partial charge in [-0.1, -0.05) is 24.3 Å². The number of aryl methyl sites for hydroxylation is 4. The zero-order valence-corrected chi connectivity index (χ0v) is 23.7. The molecule has 0 aliphatic heterocycles. The second-order valence-corrected chi connectivity index (χ2v) is 10.3. The number of hydrogen-bond acceptors (Lipinski definition) is 7.